The number of amides is 1. The van der Waals surface area contributed by atoms with Gasteiger partial charge in [0.15, 0.2) is 0 Å². The first-order chi connectivity index (χ1) is 9.56. The quantitative estimate of drug-likeness (QED) is 0.831. The second-order valence-electron chi connectivity index (χ2n) is 4.87. The Morgan fingerprint density at radius 3 is 2.60 bits per heavy atom. The number of carboxylic acid groups (broad SMARTS) is 1. The Balaban J connectivity index is 2.08. The molecule has 0 atom stereocenters. The van der Waals surface area contributed by atoms with Gasteiger partial charge < -0.3 is 10.4 Å². The molecule has 0 radical (unpaired) electrons. The molecule has 1 aromatic rings. The summed E-state index contributed by atoms with van der Waals surface area (Å²) in [5.74, 6) is -2.16. The maximum atomic E-state index is 13.9. The van der Waals surface area contributed by atoms with Gasteiger partial charge in [0.1, 0.15) is 5.82 Å². The number of carboxylic acids is 1. The number of halogens is 1. The van der Waals surface area contributed by atoms with E-state index >= 15 is 0 Å². The topological polar surface area (TPSA) is 66.4 Å². The Kier molecular flexibility index (Phi) is 4.50. The van der Waals surface area contributed by atoms with E-state index in [9.17, 15) is 14.0 Å². The average Bonchev–Trinajstić information content (AvgIpc) is 2.89. The maximum absolute atomic E-state index is 13.9. The largest absolute Gasteiger partial charge is 0.478 e. The molecule has 1 amide bonds. The highest BCUT2D eigenvalue weighted by molar-refractivity contribution is 5.95. The van der Waals surface area contributed by atoms with Crippen LogP contribution in [-0.2, 0) is 4.79 Å². The monoisotopic (exact) mass is 277 g/mol. The van der Waals surface area contributed by atoms with Crippen LogP contribution < -0.4 is 5.32 Å². The fraction of sp³-hybridized carbons (Fsp3) is 0.333. The lowest BCUT2D eigenvalue weighted by atomic mass is 10.1. The third-order valence-electron chi connectivity index (χ3n) is 3.35. The zero-order valence-electron chi connectivity index (χ0n) is 10.9. The maximum Gasteiger partial charge on any atom is 0.328 e. The summed E-state index contributed by atoms with van der Waals surface area (Å²) in [6.45, 7) is 0. The number of carbonyl (C=O) groups excluding carboxylic acids is 1. The van der Waals surface area contributed by atoms with Gasteiger partial charge in [-0.3, -0.25) is 4.79 Å². The van der Waals surface area contributed by atoms with Crippen LogP contribution in [0.1, 0.15) is 41.6 Å². The second-order valence-corrected chi connectivity index (χ2v) is 4.87. The van der Waals surface area contributed by atoms with E-state index in [4.69, 9.17) is 5.11 Å². The van der Waals surface area contributed by atoms with Gasteiger partial charge >= 0.3 is 5.97 Å². The highest BCUT2D eigenvalue weighted by Crippen LogP contribution is 2.19. The number of aliphatic carboxylic acids is 1. The van der Waals surface area contributed by atoms with Crippen LogP contribution in [-0.4, -0.2) is 23.0 Å². The number of rotatable bonds is 4. The molecule has 1 aliphatic carbocycles. The summed E-state index contributed by atoms with van der Waals surface area (Å²) in [4.78, 5) is 22.3. The fourth-order valence-corrected chi connectivity index (χ4v) is 2.32. The van der Waals surface area contributed by atoms with Crippen molar-refractivity contribution in [3.63, 3.8) is 0 Å². The van der Waals surface area contributed by atoms with E-state index in [1.807, 2.05) is 0 Å². The summed E-state index contributed by atoms with van der Waals surface area (Å²) in [7, 11) is 0. The van der Waals surface area contributed by atoms with Crippen LogP contribution in [0.4, 0.5) is 4.39 Å². The number of carbonyl (C=O) groups is 2. The van der Waals surface area contributed by atoms with E-state index < -0.39 is 17.7 Å². The van der Waals surface area contributed by atoms with Crippen molar-refractivity contribution in [3.8, 4) is 0 Å². The predicted molar refractivity (Wildman–Crippen MR) is 72.8 cm³/mol. The van der Waals surface area contributed by atoms with Crippen LogP contribution in [0.2, 0.25) is 0 Å². The smallest absolute Gasteiger partial charge is 0.328 e. The molecule has 20 heavy (non-hydrogen) atoms. The molecule has 1 aliphatic rings. The van der Waals surface area contributed by atoms with Gasteiger partial charge in [-0.15, -0.1) is 0 Å². The summed E-state index contributed by atoms with van der Waals surface area (Å²) in [6, 6.07) is 4.18. The highest BCUT2D eigenvalue weighted by atomic mass is 19.1. The van der Waals surface area contributed by atoms with E-state index in [-0.39, 0.29) is 11.6 Å². The lowest BCUT2D eigenvalue weighted by Crippen LogP contribution is -2.33. The number of benzene rings is 1. The molecule has 2 N–H and O–H groups in total. The number of hydrogen-bond acceptors (Lipinski definition) is 2. The minimum absolute atomic E-state index is 0.00984. The van der Waals surface area contributed by atoms with Crippen molar-refractivity contribution in [1.29, 1.82) is 0 Å². The van der Waals surface area contributed by atoms with Gasteiger partial charge in [0.2, 0.25) is 0 Å². The Morgan fingerprint density at radius 2 is 2.00 bits per heavy atom. The summed E-state index contributed by atoms with van der Waals surface area (Å²) in [6.07, 6.45) is 6.26. The minimum atomic E-state index is -1.10. The molecule has 4 nitrogen and oxygen atoms in total. The lowest BCUT2D eigenvalue weighted by molar-refractivity contribution is -0.131. The molecule has 0 saturated heterocycles. The first kappa shape index (κ1) is 14.2. The van der Waals surface area contributed by atoms with Crippen LogP contribution >= 0.6 is 0 Å². The van der Waals surface area contributed by atoms with Gasteiger partial charge in [0.05, 0.1) is 5.56 Å². The summed E-state index contributed by atoms with van der Waals surface area (Å²) < 4.78 is 13.9. The standard InChI is InChI=1S/C15H16FNO3/c16-13-9-10(6-8-14(18)19)5-7-12(13)15(20)17-11-3-1-2-4-11/h5-9,11H,1-4H2,(H,17,20)(H,18,19). The van der Waals surface area contributed by atoms with Gasteiger partial charge in [-0.1, -0.05) is 18.9 Å². The van der Waals surface area contributed by atoms with Crippen LogP contribution in [0.25, 0.3) is 6.08 Å². The van der Waals surface area contributed by atoms with Gasteiger partial charge in [0, 0.05) is 12.1 Å². The molecule has 0 aromatic heterocycles. The molecular weight excluding hydrogens is 261 g/mol. The average molecular weight is 277 g/mol. The van der Waals surface area contributed by atoms with E-state index in [2.05, 4.69) is 5.32 Å². The SMILES string of the molecule is O=C(O)C=Cc1ccc(C(=O)NC2CCCC2)c(F)c1. The van der Waals surface area contributed by atoms with Crippen LogP contribution in [0, 0.1) is 5.82 Å². The lowest BCUT2D eigenvalue weighted by Gasteiger charge is -2.12. The number of hydrogen-bond donors (Lipinski definition) is 2. The van der Waals surface area contributed by atoms with E-state index in [1.165, 1.54) is 18.2 Å². The summed E-state index contributed by atoms with van der Waals surface area (Å²) in [5, 5.41) is 11.3. The molecule has 0 bridgehead atoms. The Morgan fingerprint density at radius 1 is 1.30 bits per heavy atom. The fourth-order valence-electron chi connectivity index (χ4n) is 2.32. The van der Waals surface area contributed by atoms with Crippen molar-refractivity contribution in [3.05, 3.63) is 41.2 Å². The molecule has 5 heteroatoms. The molecular formula is C15H16FNO3. The third kappa shape index (κ3) is 3.66. The van der Waals surface area contributed by atoms with E-state index in [0.717, 1.165) is 37.8 Å². The summed E-state index contributed by atoms with van der Waals surface area (Å²) >= 11 is 0. The molecule has 106 valence electrons. The third-order valence-corrected chi connectivity index (χ3v) is 3.35. The molecule has 0 spiro atoms. The Hall–Kier alpha value is -2.17. The van der Waals surface area contributed by atoms with Crippen molar-refractivity contribution in [2.75, 3.05) is 0 Å². The first-order valence-corrected chi connectivity index (χ1v) is 6.57. The first-order valence-electron chi connectivity index (χ1n) is 6.57. The number of nitrogens with one attached hydrogen (secondary N) is 1. The van der Waals surface area contributed by atoms with E-state index in [1.54, 1.807) is 0 Å². The zero-order valence-corrected chi connectivity index (χ0v) is 10.9. The van der Waals surface area contributed by atoms with Crippen molar-refractivity contribution in [1.82, 2.24) is 5.32 Å². The minimum Gasteiger partial charge on any atom is -0.478 e. The van der Waals surface area contributed by atoms with Crippen LogP contribution in [0.5, 0.6) is 0 Å². The van der Waals surface area contributed by atoms with Crippen molar-refractivity contribution >= 4 is 18.0 Å². The van der Waals surface area contributed by atoms with Crippen molar-refractivity contribution in [2.24, 2.45) is 0 Å². The second kappa shape index (κ2) is 6.32. The van der Waals surface area contributed by atoms with Gasteiger partial charge in [-0.05, 0) is 36.6 Å². The highest BCUT2D eigenvalue weighted by Gasteiger charge is 2.19. The van der Waals surface area contributed by atoms with Gasteiger partial charge in [-0.25, -0.2) is 9.18 Å². The van der Waals surface area contributed by atoms with Crippen molar-refractivity contribution < 1.29 is 19.1 Å². The van der Waals surface area contributed by atoms with Gasteiger partial charge in [-0.2, -0.15) is 0 Å². The summed E-state index contributed by atoms with van der Waals surface area (Å²) in [5.41, 5.74) is 0.395. The molecule has 0 heterocycles. The normalized spacial score (nSPS) is 15.7. The predicted octanol–water partition coefficient (Wildman–Crippen LogP) is 2.60. The molecule has 0 unspecified atom stereocenters. The Labute approximate surface area is 116 Å². The molecule has 1 saturated carbocycles. The molecule has 1 fully saturated rings. The van der Waals surface area contributed by atoms with E-state index in [0.29, 0.717) is 5.56 Å². The van der Waals surface area contributed by atoms with Crippen LogP contribution in [0.3, 0.4) is 0 Å². The molecule has 1 aromatic carbocycles. The molecule has 0 aliphatic heterocycles. The zero-order chi connectivity index (χ0) is 14.5. The molecule has 2 rings (SSSR count). The van der Waals surface area contributed by atoms with Crippen molar-refractivity contribution in [2.45, 2.75) is 31.7 Å². The van der Waals surface area contributed by atoms with Gasteiger partial charge in [0.25, 0.3) is 5.91 Å². The Bertz CT molecular complexity index is 548. The van der Waals surface area contributed by atoms with Crippen LogP contribution in [0.15, 0.2) is 24.3 Å².